The van der Waals surface area contributed by atoms with E-state index in [4.69, 9.17) is 5.11 Å². The molecule has 0 saturated heterocycles. The highest BCUT2D eigenvalue weighted by atomic mass is 16.4. The second-order valence-corrected chi connectivity index (χ2v) is 4.15. The number of aromatic hydroxyl groups is 2. The Hall–Kier alpha value is -2.24. The minimum Gasteiger partial charge on any atom is -0.504 e. The number of ketones is 1. The lowest BCUT2D eigenvalue weighted by molar-refractivity contribution is -0.139. The number of nitrogens with zero attached hydrogens (tertiary/aromatic N) is 1. The van der Waals surface area contributed by atoms with Crippen molar-refractivity contribution in [2.75, 3.05) is 18.0 Å². The van der Waals surface area contributed by atoms with Gasteiger partial charge in [0.05, 0.1) is 5.69 Å². The lowest BCUT2D eigenvalue weighted by Crippen LogP contribution is -2.42. The zero-order valence-corrected chi connectivity index (χ0v) is 9.75. The molecule has 0 spiro atoms. The summed E-state index contributed by atoms with van der Waals surface area (Å²) < 4.78 is 0. The summed E-state index contributed by atoms with van der Waals surface area (Å²) in [5, 5.41) is 27.9. The second-order valence-electron chi connectivity index (χ2n) is 4.15. The second kappa shape index (κ2) is 4.21. The van der Waals surface area contributed by atoms with Gasteiger partial charge in [-0.15, -0.1) is 0 Å². The Balaban J connectivity index is 2.57. The molecule has 1 aromatic rings. The number of hydrogen-bond acceptors (Lipinski definition) is 5. The smallest absolute Gasteiger partial charge is 0.316 e. The van der Waals surface area contributed by atoms with E-state index in [2.05, 4.69) is 0 Å². The quantitative estimate of drug-likeness (QED) is 0.531. The summed E-state index contributed by atoms with van der Waals surface area (Å²) in [6.45, 7) is 2.40. The number of aliphatic carboxylic acids is 1. The number of phenolic OH excluding ortho intramolecular Hbond substituents is 2. The van der Waals surface area contributed by atoms with E-state index in [1.165, 1.54) is 6.07 Å². The monoisotopic (exact) mass is 251 g/mol. The molecule has 2 rings (SSSR count). The Morgan fingerprint density at radius 3 is 2.56 bits per heavy atom. The van der Waals surface area contributed by atoms with E-state index in [1.807, 2.05) is 6.92 Å². The van der Waals surface area contributed by atoms with Crippen molar-refractivity contribution in [3.8, 4) is 11.5 Å². The van der Waals surface area contributed by atoms with Crippen LogP contribution in [0.5, 0.6) is 11.5 Å². The third-order valence-electron chi connectivity index (χ3n) is 3.10. The minimum atomic E-state index is -1.18. The van der Waals surface area contributed by atoms with Crippen LogP contribution in [0.2, 0.25) is 0 Å². The van der Waals surface area contributed by atoms with Crippen LogP contribution in [0.1, 0.15) is 17.3 Å². The van der Waals surface area contributed by atoms with Crippen molar-refractivity contribution >= 4 is 17.4 Å². The standard InChI is InChI=1S/C12H13NO5/c1-2-13-5-7(12(17)18)11(16)6-3-9(14)10(15)4-8(6)13/h3-4,7,14-15H,2,5H2,1H3,(H,17,18). The lowest BCUT2D eigenvalue weighted by Gasteiger charge is -2.32. The van der Waals surface area contributed by atoms with Gasteiger partial charge in [-0.2, -0.15) is 0 Å². The van der Waals surface area contributed by atoms with E-state index in [0.29, 0.717) is 12.2 Å². The van der Waals surface area contributed by atoms with E-state index in [1.54, 1.807) is 4.90 Å². The molecule has 0 saturated carbocycles. The molecule has 1 aromatic carbocycles. The number of carboxylic acid groups (broad SMARTS) is 1. The Labute approximate surface area is 103 Å². The average Bonchev–Trinajstić information content (AvgIpc) is 2.32. The van der Waals surface area contributed by atoms with Crippen LogP contribution in [0.25, 0.3) is 0 Å². The third-order valence-corrected chi connectivity index (χ3v) is 3.10. The van der Waals surface area contributed by atoms with Crippen molar-refractivity contribution in [2.45, 2.75) is 6.92 Å². The van der Waals surface area contributed by atoms with E-state index in [-0.39, 0.29) is 17.9 Å². The number of Topliss-reactive ketones (excluding diaryl/α,β-unsaturated/α-hetero) is 1. The fraction of sp³-hybridized carbons (Fsp3) is 0.333. The number of carbonyl (C=O) groups is 2. The van der Waals surface area contributed by atoms with Gasteiger partial charge in [0.1, 0.15) is 5.92 Å². The van der Waals surface area contributed by atoms with Crippen LogP contribution >= 0.6 is 0 Å². The van der Waals surface area contributed by atoms with Crippen LogP contribution in [-0.2, 0) is 4.79 Å². The molecule has 0 aromatic heterocycles. The molecule has 1 unspecified atom stereocenters. The predicted molar refractivity (Wildman–Crippen MR) is 63.1 cm³/mol. The summed E-state index contributed by atoms with van der Waals surface area (Å²) in [6.07, 6.45) is 0. The minimum absolute atomic E-state index is 0.0713. The molecule has 1 aliphatic rings. The molecule has 6 heteroatoms. The van der Waals surface area contributed by atoms with Crippen LogP contribution < -0.4 is 4.90 Å². The molecule has 0 aliphatic carbocycles. The summed E-state index contributed by atoms with van der Waals surface area (Å²) in [7, 11) is 0. The van der Waals surface area contributed by atoms with Crippen molar-refractivity contribution in [2.24, 2.45) is 5.92 Å². The molecule has 0 fully saturated rings. The molecular formula is C12H13NO5. The summed E-state index contributed by atoms with van der Waals surface area (Å²) in [5.41, 5.74) is 0.584. The van der Waals surface area contributed by atoms with Crippen molar-refractivity contribution in [1.29, 1.82) is 0 Å². The number of benzene rings is 1. The van der Waals surface area contributed by atoms with Crippen molar-refractivity contribution in [1.82, 2.24) is 0 Å². The molecule has 1 atom stereocenters. The van der Waals surface area contributed by atoms with E-state index in [9.17, 15) is 19.8 Å². The largest absolute Gasteiger partial charge is 0.504 e. The first kappa shape index (κ1) is 12.2. The summed E-state index contributed by atoms with van der Waals surface area (Å²) in [4.78, 5) is 24.7. The average molecular weight is 251 g/mol. The van der Waals surface area contributed by atoms with Crippen molar-refractivity contribution < 1.29 is 24.9 Å². The van der Waals surface area contributed by atoms with E-state index >= 15 is 0 Å². The summed E-state index contributed by atoms with van der Waals surface area (Å²) in [6, 6.07) is 2.40. The normalized spacial score (nSPS) is 18.6. The van der Waals surface area contributed by atoms with Crippen LogP contribution in [0, 0.1) is 5.92 Å². The van der Waals surface area contributed by atoms with Crippen LogP contribution in [-0.4, -0.2) is 40.2 Å². The lowest BCUT2D eigenvalue weighted by atomic mass is 9.90. The Morgan fingerprint density at radius 2 is 2.00 bits per heavy atom. The van der Waals surface area contributed by atoms with Crippen molar-refractivity contribution in [3.63, 3.8) is 0 Å². The maximum Gasteiger partial charge on any atom is 0.316 e. The molecule has 96 valence electrons. The van der Waals surface area contributed by atoms with Gasteiger partial charge >= 0.3 is 5.97 Å². The molecule has 6 nitrogen and oxygen atoms in total. The topological polar surface area (TPSA) is 98.1 Å². The maximum absolute atomic E-state index is 12.0. The molecule has 0 bridgehead atoms. The predicted octanol–water partition coefficient (Wildman–Crippen LogP) is 0.821. The van der Waals surface area contributed by atoms with Gasteiger partial charge < -0.3 is 20.2 Å². The SMILES string of the molecule is CCN1CC(C(=O)O)C(=O)c2cc(O)c(O)cc21. The van der Waals surface area contributed by atoms with Gasteiger partial charge in [-0.1, -0.05) is 0 Å². The summed E-state index contributed by atoms with van der Waals surface area (Å²) in [5.74, 6) is -3.62. The highest BCUT2D eigenvalue weighted by Gasteiger charge is 2.36. The number of hydrogen-bond donors (Lipinski definition) is 3. The molecule has 3 N–H and O–H groups in total. The van der Waals surface area contributed by atoms with E-state index < -0.39 is 23.4 Å². The molecule has 0 amide bonds. The number of fused-ring (bicyclic) bond motifs is 1. The Kier molecular flexibility index (Phi) is 2.86. The number of phenols is 2. The van der Waals surface area contributed by atoms with E-state index in [0.717, 1.165) is 6.07 Å². The van der Waals surface area contributed by atoms with Gasteiger partial charge in [0.25, 0.3) is 0 Å². The number of anilines is 1. The van der Waals surface area contributed by atoms with Crippen LogP contribution in [0.15, 0.2) is 12.1 Å². The molecular weight excluding hydrogens is 238 g/mol. The Morgan fingerprint density at radius 1 is 1.39 bits per heavy atom. The molecule has 18 heavy (non-hydrogen) atoms. The molecule has 0 radical (unpaired) electrons. The number of carboxylic acids is 1. The molecule has 1 heterocycles. The highest BCUT2D eigenvalue weighted by molar-refractivity contribution is 6.13. The number of carbonyl (C=O) groups excluding carboxylic acids is 1. The first-order valence-electron chi connectivity index (χ1n) is 5.53. The van der Waals surface area contributed by atoms with Gasteiger partial charge in [-0.05, 0) is 13.0 Å². The first-order valence-corrected chi connectivity index (χ1v) is 5.53. The van der Waals surface area contributed by atoms with Gasteiger partial charge in [0.15, 0.2) is 17.3 Å². The Bertz CT molecular complexity index is 525. The van der Waals surface area contributed by atoms with Gasteiger partial charge in [0, 0.05) is 24.7 Å². The zero-order valence-electron chi connectivity index (χ0n) is 9.75. The van der Waals surface area contributed by atoms with Gasteiger partial charge in [0.2, 0.25) is 0 Å². The highest BCUT2D eigenvalue weighted by Crippen LogP contribution is 2.37. The fourth-order valence-electron chi connectivity index (χ4n) is 2.10. The van der Waals surface area contributed by atoms with Gasteiger partial charge in [-0.3, -0.25) is 9.59 Å². The van der Waals surface area contributed by atoms with Crippen LogP contribution in [0.3, 0.4) is 0 Å². The third kappa shape index (κ3) is 1.75. The van der Waals surface area contributed by atoms with Gasteiger partial charge in [-0.25, -0.2) is 0 Å². The van der Waals surface area contributed by atoms with Crippen LogP contribution in [0.4, 0.5) is 5.69 Å². The summed E-state index contributed by atoms with van der Waals surface area (Å²) >= 11 is 0. The number of rotatable bonds is 2. The first-order chi connectivity index (χ1) is 8.45. The zero-order chi connectivity index (χ0) is 13.4. The molecule has 1 aliphatic heterocycles. The maximum atomic E-state index is 12.0. The fourth-order valence-corrected chi connectivity index (χ4v) is 2.10. The van der Waals surface area contributed by atoms with Crippen molar-refractivity contribution in [3.05, 3.63) is 17.7 Å².